The van der Waals surface area contributed by atoms with Gasteiger partial charge >= 0.3 is 0 Å². The summed E-state index contributed by atoms with van der Waals surface area (Å²) in [5, 5.41) is 3.80. The lowest BCUT2D eigenvalue weighted by Gasteiger charge is -2.31. The summed E-state index contributed by atoms with van der Waals surface area (Å²) in [5.41, 5.74) is 2.85. The van der Waals surface area contributed by atoms with E-state index in [2.05, 4.69) is 10.1 Å². The first-order valence-corrected chi connectivity index (χ1v) is 7.47. The summed E-state index contributed by atoms with van der Waals surface area (Å²) in [4.78, 5) is 18.6. The van der Waals surface area contributed by atoms with Crippen molar-refractivity contribution in [2.24, 2.45) is 0 Å². The number of ether oxygens (including phenoxy) is 1. The van der Waals surface area contributed by atoms with Gasteiger partial charge in [0.1, 0.15) is 6.10 Å². The molecule has 1 fully saturated rings. The maximum Gasteiger partial charge on any atom is 0.255 e. The van der Waals surface area contributed by atoms with E-state index >= 15 is 0 Å². The van der Waals surface area contributed by atoms with Crippen molar-refractivity contribution < 1.29 is 14.1 Å². The molecular formula is C16H16N4O3. The summed E-state index contributed by atoms with van der Waals surface area (Å²) in [7, 11) is 0. The van der Waals surface area contributed by atoms with Crippen LogP contribution in [-0.2, 0) is 4.74 Å². The summed E-state index contributed by atoms with van der Waals surface area (Å²) in [6.07, 6.45) is 4.73. The van der Waals surface area contributed by atoms with E-state index in [0.717, 1.165) is 11.1 Å². The molecule has 0 aliphatic carbocycles. The van der Waals surface area contributed by atoms with Crippen LogP contribution in [0.2, 0.25) is 0 Å². The zero-order valence-electron chi connectivity index (χ0n) is 12.7. The highest BCUT2D eigenvalue weighted by Gasteiger charge is 2.29. The molecule has 0 unspecified atom stereocenters. The molecule has 1 saturated heterocycles. The van der Waals surface area contributed by atoms with E-state index in [-0.39, 0.29) is 12.0 Å². The topological polar surface area (TPSA) is 72.9 Å². The van der Waals surface area contributed by atoms with E-state index in [9.17, 15) is 4.79 Å². The third-order valence-corrected chi connectivity index (χ3v) is 4.11. The second-order valence-corrected chi connectivity index (χ2v) is 5.61. The Kier molecular flexibility index (Phi) is 3.34. The van der Waals surface area contributed by atoms with E-state index in [1.807, 2.05) is 41.9 Å². The van der Waals surface area contributed by atoms with Crippen LogP contribution in [0.4, 0.5) is 0 Å². The Balaban J connectivity index is 1.58. The third-order valence-electron chi connectivity index (χ3n) is 4.11. The number of pyridine rings is 1. The smallest absolute Gasteiger partial charge is 0.255 e. The van der Waals surface area contributed by atoms with Crippen LogP contribution in [0.3, 0.4) is 0 Å². The molecule has 7 heteroatoms. The molecule has 7 nitrogen and oxygen atoms in total. The average molecular weight is 312 g/mol. The summed E-state index contributed by atoms with van der Waals surface area (Å²) in [5.74, 6) is 0.463. The highest BCUT2D eigenvalue weighted by molar-refractivity contribution is 5.96. The van der Waals surface area contributed by atoms with Crippen molar-refractivity contribution in [1.82, 2.24) is 19.4 Å². The number of carbonyl (C=O) groups is 1. The van der Waals surface area contributed by atoms with Crippen LogP contribution in [-0.4, -0.2) is 45.0 Å². The number of hydrogen-bond acceptors (Lipinski definition) is 5. The fraction of sp³-hybridized carbons (Fsp3) is 0.312. The van der Waals surface area contributed by atoms with Crippen molar-refractivity contribution in [3.05, 3.63) is 53.9 Å². The highest BCUT2D eigenvalue weighted by Crippen LogP contribution is 2.22. The summed E-state index contributed by atoms with van der Waals surface area (Å²) < 4.78 is 12.4. The van der Waals surface area contributed by atoms with Crippen LogP contribution in [0.1, 0.15) is 27.8 Å². The van der Waals surface area contributed by atoms with Gasteiger partial charge in [0, 0.05) is 24.5 Å². The molecule has 118 valence electrons. The number of rotatable bonds is 2. The van der Waals surface area contributed by atoms with Crippen LogP contribution in [0, 0.1) is 6.92 Å². The Bertz CT molecular complexity index is 840. The van der Waals surface area contributed by atoms with Crippen molar-refractivity contribution in [2.75, 3.05) is 19.7 Å². The molecule has 4 heterocycles. The average Bonchev–Trinajstić information content (AvgIpc) is 3.24. The first-order valence-electron chi connectivity index (χ1n) is 7.47. The summed E-state index contributed by atoms with van der Waals surface area (Å²) >= 11 is 0. The van der Waals surface area contributed by atoms with E-state index in [1.54, 1.807) is 4.90 Å². The third kappa shape index (κ3) is 2.49. The van der Waals surface area contributed by atoms with Crippen molar-refractivity contribution in [3.63, 3.8) is 0 Å². The Morgan fingerprint density at radius 3 is 3.13 bits per heavy atom. The standard InChI is InChI=1S/C16H16N4O3/c1-11-3-2-4-19-8-12(7-13(11)19)16(21)20-5-6-22-14(9-20)15-17-10-23-18-15/h2-4,7-8,10,14H,5-6,9H2,1H3/t14-/m0/s1. The van der Waals surface area contributed by atoms with E-state index in [1.165, 1.54) is 6.39 Å². The van der Waals surface area contributed by atoms with Crippen LogP contribution in [0.5, 0.6) is 0 Å². The monoisotopic (exact) mass is 312 g/mol. The predicted molar refractivity (Wildman–Crippen MR) is 81.0 cm³/mol. The first-order chi connectivity index (χ1) is 11.2. The van der Waals surface area contributed by atoms with Crippen molar-refractivity contribution in [1.29, 1.82) is 0 Å². The Morgan fingerprint density at radius 1 is 1.43 bits per heavy atom. The van der Waals surface area contributed by atoms with Crippen LogP contribution < -0.4 is 0 Å². The number of carbonyl (C=O) groups excluding carboxylic acids is 1. The summed E-state index contributed by atoms with van der Waals surface area (Å²) in [6.45, 7) is 3.46. The van der Waals surface area contributed by atoms with Gasteiger partial charge in [-0.1, -0.05) is 11.2 Å². The highest BCUT2D eigenvalue weighted by atomic mass is 16.5. The molecule has 3 aromatic heterocycles. The second-order valence-electron chi connectivity index (χ2n) is 5.61. The molecule has 0 spiro atoms. The fourth-order valence-corrected chi connectivity index (χ4v) is 2.89. The van der Waals surface area contributed by atoms with Gasteiger partial charge in [0.2, 0.25) is 12.2 Å². The lowest BCUT2D eigenvalue weighted by molar-refractivity contribution is -0.0276. The number of amides is 1. The number of hydrogen-bond donors (Lipinski definition) is 0. The van der Waals surface area contributed by atoms with E-state index in [0.29, 0.717) is 31.1 Å². The number of morpholine rings is 1. The molecule has 0 aromatic carbocycles. The number of fused-ring (bicyclic) bond motifs is 1. The van der Waals surface area contributed by atoms with Gasteiger partial charge in [0.15, 0.2) is 0 Å². The predicted octanol–water partition coefficient (Wildman–Crippen LogP) is 1.84. The van der Waals surface area contributed by atoms with Crippen molar-refractivity contribution in [2.45, 2.75) is 13.0 Å². The minimum absolute atomic E-state index is 0.00936. The van der Waals surface area contributed by atoms with Gasteiger partial charge in [-0.25, -0.2) is 0 Å². The molecule has 1 atom stereocenters. The fourth-order valence-electron chi connectivity index (χ4n) is 2.89. The lowest BCUT2D eigenvalue weighted by Crippen LogP contribution is -2.42. The van der Waals surface area contributed by atoms with Gasteiger partial charge in [-0.2, -0.15) is 4.98 Å². The molecule has 1 amide bonds. The molecule has 1 aliphatic heterocycles. The van der Waals surface area contributed by atoms with Gasteiger partial charge in [-0.15, -0.1) is 0 Å². The molecular weight excluding hydrogens is 296 g/mol. The Labute approximate surface area is 132 Å². The minimum Gasteiger partial charge on any atom is -0.366 e. The van der Waals surface area contributed by atoms with Gasteiger partial charge in [-0.3, -0.25) is 4.79 Å². The van der Waals surface area contributed by atoms with Gasteiger partial charge in [-0.05, 0) is 24.6 Å². The van der Waals surface area contributed by atoms with E-state index < -0.39 is 0 Å². The first kappa shape index (κ1) is 14.0. The van der Waals surface area contributed by atoms with Gasteiger partial charge in [0.25, 0.3) is 5.91 Å². The Hall–Kier alpha value is -2.67. The van der Waals surface area contributed by atoms with Crippen molar-refractivity contribution >= 4 is 11.4 Å². The molecule has 0 saturated carbocycles. The minimum atomic E-state index is -0.342. The molecule has 0 bridgehead atoms. The molecule has 1 aliphatic rings. The van der Waals surface area contributed by atoms with Gasteiger partial charge < -0.3 is 18.6 Å². The lowest BCUT2D eigenvalue weighted by atomic mass is 10.2. The largest absolute Gasteiger partial charge is 0.366 e. The maximum atomic E-state index is 12.8. The summed E-state index contributed by atoms with van der Waals surface area (Å²) in [6, 6.07) is 5.93. The Morgan fingerprint density at radius 2 is 2.35 bits per heavy atom. The van der Waals surface area contributed by atoms with Crippen LogP contribution in [0.15, 0.2) is 41.5 Å². The molecule has 4 rings (SSSR count). The number of nitrogens with zero attached hydrogens (tertiary/aromatic N) is 4. The maximum absolute atomic E-state index is 12.8. The zero-order valence-corrected chi connectivity index (χ0v) is 12.7. The van der Waals surface area contributed by atoms with Crippen LogP contribution in [0.25, 0.3) is 5.52 Å². The molecule has 3 aromatic rings. The SMILES string of the molecule is Cc1cccn2cc(C(=O)N3CCO[C@H](c4ncon4)C3)cc12. The normalized spacial score (nSPS) is 18.5. The van der Waals surface area contributed by atoms with Crippen molar-refractivity contribution in [3.8, 4) is 0 Å². The number of aromatic nitrogens is 3. The zero-order chi connectivity index (χ0) is 15.8. The number of aryl methyl sites for hydroxylation is 1. The quantitative estimate of drug-likeness (QED) is 0.722. The van der Waals surface area contributed by atoms with Gasteiger partial charge in [0.05, 0.1) is 18.7 Å². The molecule has 0 N–H and O–H groups in total. The second kappa shape index (κ2) is 5.51. The van der Waals surface area contributed by atoms with E-state index in [4.69, 9.17) is 9.26 Å². The molecule has 0 radical (unpaired) electrons. The molecule has 23 heavy (non-hydrogen) atoms. The van der Waals surface area contributed by atoms with Crippen LogP contribution >= 0.6 is 0 Å².